The molecule has 0 aromatic heterocycles. The highest BCUT2D eigenvalue weighted by molar-refractivity contribution is 4.77. The molecule has 0 atom stereocenters. The molecule has 0 heteroatoms. The van der Waals surface area contributed by atoms with Crippen molar-refractivity contribution in [3.63, 3.8) is 0 Å². The molecule has 16 heavy (non-hydrogen) atoms. The van der Waals surface area contributed by atoms with Crippen molar-refractivity contribution in [1.82, 2.24) is 0 Å². The summed E-state index contributed by atoms with van der Waals surface area (Å²) in [7, 11) is 0. The molecule has 0 aromatic rings. The van der Waals surface area contributed by atoms with E-state index < -0.39 is 0 Å². The van der Waals surface area contributed by atoms with Gasteiger partial charge in [0.15, 0.2) is 0 Å². The van der Waals surface area contributed by atoms with Crippen LogP contribution in [0.3, 0.4) is 0 Å². The molecule has 0 N–H and O–H groups in total. The van der Waals surface area contributed by atoms with Crippen LogP contribution < -0.4 is 0 Å². The standard InChI is InChI=1S/C14H26.C2H6.2H2/c1-12-8-10-14(11-9-12)13-6-4-2-3-5-7-13;1-2;;/h12-14H,2-11H2,1H3;1-2H3;2*1H. The fourth-order valence-corrected chi connectivity index (χ4v) is 3.54. The van der Waals surface area contributed by atoms with Gasteiger partial charge >= 0.3 is 0 Å². The van der Waals surface area contributed by atoms with E-state index in [1.54, 1.807) is 25.7 Å². The Hall–Kier alpha value is 0. The van der Waals surface area contributed by atoms with Crippen molar-refractivity contribution in [2.45, 2.75) is 85.0 Å². The fraction of sp³-hybridized carbons (Fsp3) is 1.00. The van der Waals surface area contributed by atoms with Crippen molar-refractivity contribution in [2.24, 2.45) is 17.8 Å². The van der Waals surface area contributed by atoms with Crippen molar-refractivity contribution in [3.8, 4) is 0 Å². The second-order valence-electron chi connectivity index (χ2n) is 5.77. The minimum atomic E-state index is 0. The molecule has 0 unspecified atom stereocenters. The molecule has 2 saturated carbocycles. The summed E-state index contributed by atoms with van der Waals surface area (Å²) in [5, 5.41) is 0. The Morgan fingerprint density at radius 2 is 1.06 bits per heavy atom. The maximum absolute atomic E-state index is 2.43. The van der Waals surface area contributed by atoms with Gasteiger partial charge in [0, 0.05) is 2.85 Å². The van der Waals surface area contributed by atoms with E-state index in [4.69, 9.17) is 0 Å². The quantitative estimate of drug-likeness (QED) is 0.462. The van der Waals surface area contributed by atoms with E-state index in [0.29, 0.717) is 0 Å². The summed E-state index contributed by atoms with van der Waals surface area (Å²) in [5.41, 5.74) is 0. The lowest BCUT2D eigenvalue weighted by Gasteiger charge is -2.32. The Balaban J connectivity index is 0. The molecule has 2 aliphatic carbocycles. The van der Waals surface area contributed by atoms with Crippen LogP contribution in [0.1, 0.15) is 87.8 Å². The second kappa shape index (κ2) is 8.14. The van der Waals surface area contributed by atoms with Crippen LogP contribution >= 0.6 is 0 Å². The van der Waals surface area contributed by atoms with Gasteiger partial charge in [-0.25, -0.2) is 0 Å². The van der Waals surface area contributed by atoms with Crippen LogP contribution in [0.4, 0.5) is 0 Å². The normalized spacial score (nSPS) is 32.4. The van der Waals surface area contributed by atoms with Crippen molar-refractivity contribution in [3.05, 3.63) is 0 Å². The molecule has 2 rings (SSSR count). The van der Waals surface area contributed by atoms with Crippen LogP contribution in [0.2, 0.25) is 0 Å². The zero-order chi connectivity index (χ0) is 11.8. The van der Waals surface area contributed by atoms with Crippen molar-refractivity contribution < 1.29 is 2.85 Å². The average Bonchev–Trinajstić information content (AvgIpc) is 2.61. The molecule has 0 saturated heterocycles. The van der Waals surface area contributed by atoms with Crippen LogP contribution in [0.15, 0.2) is 0 Å². The average molecular weight is 228 g/mol. The molecule has 0 aliphatic heterocycles. The van der Waals surface area contributed by atoms with Gasteiger partial charge in [-0.1, -0.05) is 72.1 Å². The van der Waals surface area contributed by atoms with E-state index in [1.807, 2.05) is 13.8 Å². The number of rotatable bonds is 1. The van der Waals surface area contributed by atoms with Crippen molar-refractivity contribution >= 4 is 0 Å². The van der Waals surface area contributed by atoms with E-state index in [-0.39, 0.29) is 2.85 Å². The summed E-state index contributed by atoms with van der Waals surface area (Å²) in [6.45, 7) is 6.43. The lowest BCUT2D eigenvalue weighted by Crippen LogP contribution is -2.20. The SMILES string of the molecule is CC.CC1CCC(C2CCCCCC2)CC1.[HH].[HH]. The Bertz CT molecular complexity index is 154. The number of hydrogen-bond acceptors (Lipinski definition) is 0. The van der Waals surface area contributed by atoms with Crippen molar-refractivity contribution in [1.29, 1.82) is 0 Å². The van der Waals surface area contributed by atoms with Gasteiger partial charge in [-0.2, -0.15) is 0 Å². The van der Waals surface area contributed by atoms with Crippen LogP contribution in [-0.2, 0) is 0 Å². The van der Waals surface area contributed by atoms with Gasteiger partial charge in [0.2, 0.25) is 0 Å². The van der Waals surface area contributed by atoms with Gasteiger partial charge in [-0.05, 0) is 30.6 Å². The first-order valence-electron chi connectivity index (χ1n) is 7.86. The third kappa shape index (κ3) is 4.47. The monoisotopic (exact) mass is 228 g/mol. The van der Waals surface area contributed by atoms with Gasteiger partial charge in [-0.15, -0.1) is 0 Å². The molecule has 0 spiro atoms. The largest absolute Gasteiger partial charge is 0.0683 e. The summed E-state index contributed by atoms with van der Waals surface area (Å²) in [6, 6.07) is 0. The zero-order valence-electron chi connectivity index (χ0n) is 11.8. The third-order valence-electron chi connectivity index (χ3n) is 4.63. The topological polar surface area (TPSA) is 0 Å². The van der Waals surface area contributed by atoms with Crippen LogP contribution in [0.25, 0.3) is 0 Å². The molecule has 100 valence electrons. The molecule has 0 amide bonds. The van der Waals surface area contributed by atoms with E-state index >= 15 is 0 Å². The van der Waals surface area contributed by atoms with E-state index in [9.17, 15) is 0 Å². The van der Waals surface area contributed by atoms with Crippen LogP contribution in [0, 0.1) is 17.8 Å². The fourth-order valence-electron chi connectivity index (χ4n) is 3.54. The Morgan fingerprint density at radius 3 is 1.56 bits per heavy atom. The first-order valence-corrected chi connectivity index (χ1v) is 7.86. The van der Waals surface area contributed by atoms with Crippen LogP contribution in [0.5, 0.6) is 0 Å². The predicted molar refractivity (Wildman–Crippen MR) is 77.9 cm³/mol. The minimum absolute atomic E-state index is 0. The summed E-state index contributed by atoms with van der Waals surface area (Å²) in [6.07, 6.45) is 15.3. The highest BCUT2D eigenvalue weighted by Crippen LogP contribution is 2.38. The maximum Gasteiger partial charge on any atom is 0 e. The summed E-state index contributed by atoms with van der Waals surface area (Å²) in [4.78, 5) is 0. The first-order chi connectivity index (χ1) is 7.86. The summed E-state index contributed by atoms with van der Waals surface area (Å²) < 4.78 is 0. The zero-order valence-corrected chi connectivity index (χ0v) is 11.8. The second-order valence-corrected chi connectivity index (χ2v) is 5.77. The van der Waals surface area contributed by atoms with Gasteiger partial charge in [0.25, 0.3) is 0 Å². The summed E-state index contributed by atoms with van der Waals surface area (Å²) >= 11 is 0. The molecule has 0 aromatic carbocycles. The lowest BCUT2D eigenvalue weighted by molar-refractivity contribution is 0.196. The van der Waals surface area contributed by atoms with Gasteiger partial charge < -0.3 is 0 Å². The highest BCUT2D eigenvalue weighted by Gasteiger charge is 2.26. The predicted octanol–water partition coefficient (Wildman–Crippen LogP) is 6.30. The Morgan fingerprint density at radius 1 is 0.625 bits per heavy atom. The highest BCUT2D eigenvalue weighted by atomic mass is 14.3. The van der Waals surface area contributed by atoms with Gasteiger partial charge in [0.05, 0.1) is 0 Å². The van der Waals surface area contributed by atoms with E-state index in [2.05, 4.69) is 6.92 Å². The lowest BCUT2D eigenvalue weighted by atomic mass is 9.74. The maximum atomic E-state index is 2.43. The Labute approximate surface area is 106 Å². The first kappa shape index (κ1) is 14.1. The van der Waals surface area contributed by atoms with Crippen LogP contribution in [-0.4, -0.2) is 0 Å². The molecule has 0 heterocycles. The number of hydrogen-bond donors (Lipinski definition) is 0. The third-order valence-corrected chi connectivity index (χ3v) is 4.63. The molecule has 0 radical (unpaired) electrons. The molecule has 0 bridgehead atoms. The van der Waals surface area contributed by atoms with E-state index in [1.165, 1.54) is 38.5 Å². The molecule has 2 fully saturated rings. The van der Waals surface area contributed by atoms with Gasteiger partial charge in [0.1, 0.15) is 0 Å². The van der Waals surface area contributed by atoms with E-state index in [0.717, 1.165) is 17.8 Å². The van der Waals surface area contributed by atoms with Gasteiger partial charge in [-0.3, -0.25) is 0 Å². The smallest absolute Gasteiger partial charge is 0 e. The molecular formula is C16H36. The molecule has 0 nitrogen and oxygen atoms in total. The Kier molecular flexibility index (Phi) is 7.16. The minimum Gasteiger partial charge on any atom is -0.0683 e. The summed E-state index contributed by atoms with van der Waals surface area (Å²) in [5.74, 6) is 3.26. The molecular weight excluding hydrogens is 192 g/mol. The molecule has 2 aliphatic rings. The van der Waals surface area contributed by atoms with Crippen molar-refractivity contribution in [2.75, 3.05) is 0 Å².